The van der Waals surface area contributed by atoms with Gasteiger partial charge in [-0.05, 0) is 31.9 Å². The Kier molecular flexibility index (Phi) is 4.19. The Hall–Kier alpha value is -1.02. The van der Waals surface area contributed by atoms with Gasteiger partial charge in [0.05, 0.1) is 17.8 Å². The van der Waals surface area contributed by atoms with Gasteiger partial charge in [-0.1, -0.05) is 0 Å². The Morgan fingerprint density at radius 1 is 1.53 bits per heavy atom. The fraction of sp³-hybridized carbons (Fsp3) is 0.583. The zero-order valence-electron chi connectivity index (χ0n) is 10.9. The maximum absolute atomic E-state index is 12.3. The van der Waals surface area contributed by atoms with Crippen molar-refractivity contribution in [2.24, 2.45) is 5.73 Å². The average molecular weight is 285 g/mol. The first-order valence-corrected chi connectivity index (χ1v) is 7.70. The van der Waals surface area contributed by atoms with Crippen LogP contribution in [0.15, 0.2) is 23.2 Å². The molecule has 1 aromatic heterocycles. The Bertz CT molecular complexity index is 522. The van der Waals surface area contributed by atoms with Crippen molar-refractivity contribution in [2.75, 3.05) is 13.2 Å². The number of nitrogens with two attached hydrogens (primary N) is 1. The monoisotopic (exact) mass is 285 g/mol. The molecule has 0 amide bonds. The molecule has 0 radical (unpaired) electrons. The van der Waals surface area contributed by atoms with Gasteiger partial charge >= 0.3 is 0 Å². The van der Waals surface area contributed by atoms with Crippen molar-refractivity contribution in [1.29, 1.82) is 0 Å². The van der Waals surface area contributed by atoms with Crippen LogP contribution in [-0.2, 0) is 21.3 Å². The quantitative estimate of drug-likeness (QED) is 0.834. The molecule has 2 rings (SSSR count). The Morgan fingerprint density at radius 2 is 2.32 bits per heavy atom. The summed E-state index contributed by atoms with van der Waals surface area (Å²) in [5, 5.41) is 0. The Morgan fingerprint density at radius 3 is 2.84 bits per heavy atom. The highest BCUT2D eigenvalue weighted by atomic mass is 32.2. The Labute approximate surface area is 113 Å². The van der Waals surface area contributed by atoms with Gasteiger partial charge in [0, 0.05) is 19.3 Å². The minimum atomic E-state index is -3.58. The number of rotatable bonds is 4. The van der Waals surface area contributed by atoms with E-state index in [0.29, 0.717) is 25.5 Å². The molecule has 0 saturated carbocycles. The lowest BCUT2D eigenvalue weighted by Crippen LogP contribution is -2.51. The van der Waals surface area contributed by atoms with E-state index in [9.17, 15) is 8.42 Å². The number of nitrogens with zero attached hydrogens (tertiary/aromatic N) is 1. The van der Waals surface area contributed by atoms with E-state index in [1.54, 1.807) is 6.07 Å². The molecular formula is C12H19N3O3S. The van der Waals surface area contributed by atoms with Gasteiger partial charge in [0.25, 0.3) is 0 Å². The van der Waals surface area contributed by atoms with Crippen molar-refractivity contribution < 1.29 is 13.2 Å². The normalized spacial score (nSPS) is 24.3. The van der Waals surface area contributed by atoms with Gasteiger partial charge < -0.3 is 10.5 Å². The number of ether oxygens (including phenoxy) is 1. The van der Waals surface area contributed by atoms with Gasteiger partial charge in [0.2, 0.25) is 10.0 Å². The molecule has 1 aliphatic heterocycles. The van der Waals surface area contributed by atoms with Crippen molar-refractivity contribution in [2.45, 2.75) is 36.7 Å². The fourth-order valence-corrected chi connectivity index (χ4v) is 3.45. The molecular weight excluding hydrogens is 266 g/mol. The molecule has 3 N–H and O–H groups in total. The number of nitrogens with one attached hydrogen (secondary N) is 1. The Balaban J connectivity index is 2.17. The molecule has 0 bridgehead atoms. The van der Waals surface area contributed by atoms with Gasteiger partial charge in [-0.3, -0.25) is 4.98 Å². The molecule has 1 atom stereocenters. The molecule has 0 spiro atoms. The second-order valence-electron chi connectivity index (χ2n) is 5.01. The summed E-state index contributed by atoms with van der Waals surface area (Å²) in [6, 6.07) is 3.14. The zero-order valence-corrected chi connectivity index (χ0v) is 11.7. The van der Waals surface area contributed by atoms with Gasteiger partial charge in [0.1, 0.15) is 4.90 Å². The molecule has 7 heteroatoms. The van der Waals surface area contributed by atoms with Crippen LogP contribution >= 0.6 is 0 Å². The third-order valence-corrected chi connectivity index (χ3v) is 4.76. The molecule has 19 heavy (non-hydrogen) atoms. The highest BCUT2D eigenvalue weighted by Gasteiger charge is 2.32. The topological polar surface area (TPSA) is 94.3 Å². The van der Waals surface area contributed by atoms with Gasteiger partial charge in [0.15, 0.2) is 0 Å². The molecule has 1 aliphatic rings. The highest BCUT2D eigenvalue weighted by molar-refractivity contribution is 7.89. The van der Waals surface area contributed by atoms with Crippen LogP contribution in [-0.4, -0.2) is 32.2 Å². The van der Waals surface area contributed by atoms with Crippen molar-refractivity contribution >= 4 is 10.0 Å². The minimum Gasteiger partial charge on any atom is -0.380 e. The highest BCUT2D eigenvalue weighted by Crippen LogP contribution is 2.21. The van der Waals surface area contributed by atoms with Crippen molar-refractivity contribution in [3.05, 3.63) is 24.0 Å². The maximum atomic E-state index is 12.3. The van der Waals surface area contributed by atoms with Crippen LogP contribution in [0.1, 0.15) is 25.5 Å². The number of aromatic nitrogens is 1. The van der Waals surface area contributed by atoms with Crippen LogP contribution in [0.3, 0.4) is 0 Å². The number of sulfonamides is 1. The summed E-state index contributed by atoms with van der Waals surface area (Å²) >= 11 is 0. The number of hydrogen-bond acceptors (Lipinski definition) is 5. The summed E-state index contributed by atoms with van der Waals surface area (Å²) in [4.78, 5) is 4.15. The van der Waals surface area contributed by atoms with Crippen LogP contribution in [0.5, 0.6) is 0 Å². The molecule has 0 aliphatic carbocycles. The van der Waals surface area contributed by atoms with Gasteiger partial charge in [-0.25, -0.2) is 13.1 Å². The van der Waals surface area contributed by atoms with Crippen LogP contribution in [0.4, 0.5) is 0 Å². The third-order valence-electron chi connectivity index (χ3n) is 3.14. The summed E-state index contributed by atoms with van der Waals surface area (Å²) in [6.07, 6.45) is 2.95. The molecule has 1 saturated heterocycles. The predicted octanol–water partition coefficient (Wildman–Crippen LogP) is 0.388. The number of pyridine rings is 1. The lowest BCUT2D eigenvalue weighted by atomic mass is 9.97. The van der Waals surface area contributed by atoms with E-state index in [1.807, 2.05) is 6.92 Å². The number of hydrogen-bond donors (Lipinski definition) is 2. The molecule has 2 heterocycles. The molecule has 106 valence electrons. The predicted molar refractivity (Wildman–Crippen MR) is 70.9 cm³/mol. The molecule has 0 aromatic carbocycles. The first-order chi connectivity index (χ1) is 8.95. The first-order valence-electron chi connectivity index (χ1n) is 6.22. The smallest absolute Gasteiger partial charge is 0.242 e. The largest absolute Gasteiger partial charge is 0.380 e. The maximum Gasteiger partial charge on any atom is 0.242 e. The van der Waals surface area contributed by atoms with Crippen molar-refractivity contribution in [1.82, 2.24) is 9.71 Å². The molecule has 6 nitrogen and oxygen atoms in total. The van der Waals surface area contributed by atoms with E-state index in [-0.39, 0.29) is 4.90 Å². The standard InChI is InChI=1S/C12H19N3O3S/c1-12(5-2-6-18-9-12)15-19(16,17)11-4-3-10(7-13)14-8-11/h3-4,8,15H,2,5-7,9,13H2,1H3. The van der Waals surface area contributed by atoms with E-state index >= 15 is 0 Å². The van der Waals surface area contributed by atoms with Gasteiger partial charge in [-0.2, -0.15) is 0 Å². The van der Waals surface area contributed by atoms with E-state index in [4.69, 9.17) is 10.5 Å². The van der Waals surface area contributed by atoms with Gasteiger partial charge in [-0.15, -0.1) is 0 Å². The van der Waals surface area contributed by atoms with Crippen LogP contribution in [0, 0.1) is 0 Å². The second-order valence-corrected chi connectivity index (χ2v) is 6.69. The summed E-state index contributed by atoms with van der Waals surface area (Å²) in [6.45, 7) is 3.22. The molecule has 1 unspecified atom stereocenters. The van der Waals surface area contributed by atoms with Crippen molar-refractivity contribution in [3.63, 3.8) is 0 Å². The summed E-state index contributed by atoms with van der Waals surface area (Å²) < 4.78 is 32.6. The van der Waals surface area contributed by atoms with E-state index < -0.39 is 15.6 Å². The molecule has 1 aromatic rings. The van der Waals surface area contributed by atoms with Crippen molar-refractivity contribution in [3.8, 4) is 0 Å². The third kappa shape index (κ3) is 3.50. The minimum absolute atomic E-state index is 0.150. The van der Waals surface area contributed by atoms with E-state index in [1.165, 1.54) is 12.3 Å². The summed E-state index contributed by atoms with van der Waals surface area (Å²) in [7, 11) is -3.58. The van der Waals surface area contributed by atoms with E-state index in [2.05, 4.69) is 9.71 Å². The van der Waals surface area contributed by atoms with Crippen LogP contribution < -0.4 is 10.5 Å². The van der Waals surface area contributed by atoms with Crippen LogP contribution in [0.25, 0.3) is 0 Å². The summed E-state index contributed by atoms with van der Waals surface area (Å²) in [5.74, 6) is 0. The van der Waals surface area contributed by atoms with Crippen LogP contribution in [0.2, 0.25) is 0 Å². The molecule has 1 fully saturated rings. The SMILES string of the molecule is CC1(NS(=O)(=O)c2ccc(CN)nc2)CCCOC1. The zero-order chi connectivity index (χ0) is 13.9. The first kappa shape index (κ1) is 14.4. The lowest BCUT2D eigenvalue weighted by molar-refractivity contribution is 0.0386. The fourth-order valence-electron chi connectivity index (χ4n) is 2.09. The summed E-state index contributed by atoms with van der Waals surface area (Å²) in [5.41, 5.74) is 5.54. The second kappa shape index (κ2) is 5.54. The average Bonchev–Trinajstić information content (AvgIpc) is 2.38. The lowest BCUT2D eigenvalue weighted by Gasteiger charge is -2.33. The van der Waals surface area contributed by atoms with E-state index in [0.717, 1.165) is 12.8 Å².